The van der Waals surface area contributed by atoms with Crippen LogP contribution in [0.5, 0.6) is 5.75 Å². The molecule has 4 nitrogen and oxygen atoms in total. The minimum absolute atomic E-state index is 0.0138. The largest absolute Gasteiger partial charge is 0.497 e. The molecule has 0 bridgehead atoms. The lowest BCUT2D eigenvalue weighted by atomic mass is 10.0. The van der Waals surface area contributed by atoms with E-state index in [2.05, 4.69) is 17.4 Å². The Morgan fingerprint density at radius 2 is 1.83 bits per heavy atom. The Labute approximate surface area is 181 Å². The van der Waals surface area contributed by atoms with E-state index in [1.807, 2.05) is 68.4 Å². The van der Waals surface area contributed by atoms with Gasteiger partial charge in [-0.05, 0) is 67.4 Å². The van der Waals surface area contributed by atoms with Gasteiger partial charge in [0.2, 0.25) is 5.91 Å². The number of rotatable bonds is 5. The first kappa shape index (κ1) is 20.2. The van der Waals surface area contributed by atoms with Gasteiger partial charge in [0.25, 0.3) is 0 Å². The average Bonchev–Trinajstić information content (AvgIpc) is 2.75. The third-order valence-electron chi connectivity index (χ3n) is 5.09. The number of ether oxygens (including phenoxy) is 1. The van der Waals surface area contributed by atoms with Crippen molar-refractivity contribution in [2.45, 2.75) is 30.4 Å². The number of fused-ring (bicyclic) bond motifs is 1. The molecule has 0 fully saturated rings. The number of aryl methyl sites for hydroxylation is 2. The molecule has 4 rings (SSSR count). The minimum atomic E-state index is -0.0703. The van der Waals surface area contributed by atoms with Gasteiger partial charge in [-0.15, -0.1) is 11.8 Å². The van der Waals surface area contributed by atoms with E-state index in [0.29, 0.717) is 6.42 Å². The van der Waals surface area contributed by atoms with E-state index in [0.717, 1.165) is 38.9 Å². The molecule has 5 heteroatoms. The van der Waals surface area contributed by atoms with Crippen molar-refractivity contribution in [3.05, 3.63) is 83.4 Å². The van der Waals surface area contributed by atoms with Crippen molar-refractivity contribution in [2.75, 3.05) is 12.4 Å². The zero-order chi connectivity index (χ0) is 21.1. The molecule has 0 saturated carbocycles. The van der Waals surface area contributed by atoms with Crippen molar-refractivity contribution in [1.82, 2.24) is 0 Å². The lowest BCUT2D eigenvalue weighted by Crippen LogP contribution is -2.27. The molecule has 1 heterocycles. The molecule has 1 unspecified atom stereocenters. The van der Waals surface area contributed by atoms with Gasteiger partial charge in [-0.2, -0.15) is 0 Å². The maximum atomic E-state index is 12.9. The molecule has 3 aromatic carbocycles. The number of methoxy groups -OCH3 is 1. The van der Waals surface area contributed by atoms with Crippen LogP contribution in [-0.2, 0) is 4.79 Å². The van der Waals surface area contributed by atoms with Crippen molar-refractivity contribution >= 4 is 34.8 Å². The Morgan fingerprint density at radius 3 is 2.57 bits per heavy atom. The Kier molecular flexibility index (Phi) is 5.91. The maximum Gasteiger partial charge on any atom is 0.225 e. The molecule has 0 aromatic heterocycles. The number of carbonyl (C=O) groups excluding carboxylic acids is 1. The first-order valence-corrected chi connectivity index (χ1v) is 10.8. The Balaban J connectivity index is 1.60. The monoisotopic (exact) mass is 416 g/mol. The van der Waals surface area contributed by atoms with Gasteiger partial charge in [-0.3, -0.25) is 9.79 Å². The number of nitrogens with zero attached hydrogens (tertiary/aromatic N) is 1. The fourth-order valence-corrected chi connectivity index (χ4v) is 4.77. The third kappa shape index (κ3) is 4.41. The summed E-state index contributed by atoms with van der Waals surface area (Å²) in [7, 11) is 1.65. The number of carbonyl (C=O) groups is 1. The second-order valence-electron chi connectivity index (χ2n) is 7.37. The number of hydrogen-bond acceptors (Lipinski definition) is 4. The Morgan fingerprint density at radius 1 is 1.07 bits per heavy atom. The predicted molar refractivity (Wildman–Crippen MR) is 124 cm³/mol. The van der Waals surface area contributed by atoms with E-state index >= 15 is 0 Å². The molecule has 1 aliphatic heterocycles. The highest BCUT2D eigenvalue weighted by Crippen LogP contribution is 2.40. The van der Waals surface area contributed by atoms with Crippen molar-refractivity contribution in [2.24, 2.45) is 4.99 Å². The highest BCUT2D eigenvalue weighted by molar-refractivity contribution is 8.01. The summed E-state index contributed by atoms with van der Waals surface area (Å²) in [5.41, 5.74) is 5.96. The number of anilines is 1. The van der Waals surface area contributed by atoms with Crippen LogP contribution >= 0.6 is 11.8 Å². The SMILES string of the molecule is COc1ccc(C2=Nc3ccccc3SC2CC(=O)Nc2ccc(C)cc2C)cc1. The number of para-hydroxylation sites is 1. The van der Waals surface area contributed by atoms with Gasteiger partial charge in [-0.1, -0.05) is 29.8 Å². The number of aliphatic imine (C=N–C) groups is 1. The summed E-state index contributed by atoms with van der Waals surface area (Å²) >= 11 is 1.69. The van der Waals surface area contributed by atoms with Crippen LogP contribution in [-0.4, -0.2) is 24.0 Å². The zero-order valence-electron chi connectivity index (χ0n) is 17.3. The zero-order valence-corrected chi connectivity index (χ0v) is 18.1. The van der Waals surface area contributed by atoms with Gasteiger partial charge in [-0.25, -0.2) is 0 Å². The van der Waals surface area contributed by atoms with Crippen LogP contribution in [0.15, 0.2) is 76.6 Å². The molecule has 1 atom stereocenters. The number of benzene rings is 3. The van der Waals surface area contributed by atoms with Crippen LogP contribution in [0.4, 0.5) is 11.4 Å². The first-order valence-electron chi connectivity index (χ1n) is 9.89. The van der Waals surface area contributed by atoms with E-state index in [-0.39, 0.29) is 11.2 Å². The van der Waals surface area contributed by atoms with Crippen molar-refractivity contribution in [3.8, 4) is 5.75 Å². The van der Waals surface area contributed by atoms with Crippen LogP contribution in [0.1, 0.15) is 23.1 Å². The van der Waals surface area contributed by atoms with E-state index in [9.17, 15) is 4.79 Å². The maximum absolute atomic E-state index is 12.9. The Hall–Kier alpha value is -3.05. The van der Waals surface area contributed by atoms with Gasteiger partial charge in [0.05, 0.1) is 23.8 Å². The summed E-state index contributed by atoms with van der Waals surface area (Å²) in [4.78, 5) is 18.9. The lowest BCUT2D eigenvalue weighted by Gasteiger charge is -2.24. The van der Waals surface area contributed by atoms with E-state index in [1.165, 1.54) is 5.56 Å². The van der Waals surface area contributed by atoms with Crippen molar-refractivity contribution < 1.29 is 9.53 Å². The third-order valence-corrected chi connectivity index (χ3v) is 6.37. The molecule has 3 aromatic rings. The molecule has 0 spiro atoms. The average molecular weight is 417 g/mol. The molecule has 1 amide bonds. The van der Waals surface area contributed by atoms with Gasteiger partial charge in [0, 0.05) is 17.0 Å². The lowest BCUT2D eigenvalue weighted by molar-refractivity contribution is -0.116. The van der Waals surface area contributed by atoms with Crippen LogP contribution < -0.4 is 10.1 Å². The summed E-state index contributed by atoms with van der Waals surface area (Å²) in [5, 5.41) is 3.00. The van der Waals surface area contributed by atoms with E-state index in [4.69, 9.17) is 9.73 Å². The van der Waals surface area contributed by atoms with Crippen LogP contribution in [0.2, 0.25) is 0 Å². The first-order chi connectivity index (χ1) is 14.5. The molecule has 152 valence electrons. The standard InChI is InChI=1S/C25H24N2O2S/c1-16-8-13-20(17(2)14-16)26-24(28)15-23-25(18-9-11-19(29-3)12-10-18)27-21-6-4-5-7-22(21)30-23/h4-14,23H,15H2,1-3H3,(H,26,28). The van der Waals surface area contributed by atoms with Crippen LogP contribution in [0.3, 0.4) is 0 Å². The summed E-state index contributed by atoms with van der Waals surface area (Å²) < 4.78 is 5.28. The van der Waals surface area contributed by atoms with Gasteiger partial charge >= 0.3 is 0 Å². The molecule has 0 aliphatic carbocycles. The highest BCUT2D eigenvalue weighted by atomic mass is 32.2. The Bertz CT molecular complexity index is 1110. The summed E-state index contributed by atoms with van der Waals surface area (Å²) in [5.74, 6) is 0.785. The van der Waals surface area contributed by atoms with Gasteiger partial charge in [0.1, 0.15) is 5.75 Å². The molecule has 0 radical (unpaired) electrons. The second kappa shape index (κ2) is 8.76. The van der Waals surface area contributed by atoms with Gasteiger partial charge in [0.15, 0.2) is 0 Å². The van der Waals surface area contributed by atoms with Crippen molar-refractivity contribution in [1.29, 1.82) is 0 Å². The summed E-state index contributed by atoms with van der Waals surface area (Å²) in [6, 6.07) is 22.0. The number of amides is 1. The fourth-order valence-electron chi connectivity index (χ4n) is 3.53. The molecular weight excluding hydrogens is 392 g/mol. The normalized spacial score (nSPS) is 15.2. The topological polar surface area (TPSA) is 50.7 Å². The van der Waals surface area contributed by atoms with Crippen LogP contribution in [0, 0.1) is 13.8 Å². The number of thioether (sulfide) groups is 1. The highest BCUT2D eigenvalue weighted by Gasteiger charge is 2.27. The molecular formula is C25H24N2O2S. The molecule has 1 aliphatic rings. The molecule has 1 N–H and O–H groups in total. The predicted octanol–water partition coefficient (Wildman–Crippen LogP) is 5.94. The quantitative estimate of drug-likeness (QED) is 0.560. The molecule has 30 heavy (non-hydrogen) atoms. The van der Waals surface area contributed by atoms with Gasteiger partial charge < -0.3 is 10.1 Å². The van der Waals surface area contributed by atoms with Crippen molar-refractivity contribution in [3.63, 3.8) is 0 Å². The number of nitrogens with one attached hydrogen (secondary N) is 1. The smallest absolute Gasteiger partial charge is 0.225 e. The fraction of sp³-hybridized carbons (Fsp3) is 0.200. The summed E-state index contributed by atoms with van der Waals surface area (Å²) in [6.07, 6.45) is 0.344. The minimum Gasteiger partial charge on any atom is -0.497 e. The number of hydrogen-bond donors (Lipinski definition) is 1. The summed E-state index contributed by atoms with van der Waals surface area (Å²) in [6.45, 7) is 4.06. The second-order valence-corrected chi connectivity index (χ2v) is 8.62. The van der Waals surface area contributed by atoms with E-state index in [1.54, 1.807) is 18.9 Å². The molecule has 0 saturated heterocycles. The van der Waals surface area contributed by atoms with Crippen LogP contribution in [0.25, 0.3) is 0 Å². The van der Waals surface area contributed by atoms with E-state index < -0.39 is 0 Å².